The molecule has 0 N–H and O–H groups in total. The molecule has 1 aromatic rings. The van der Waals surface area contributed by atoms with Gasteiger partial charge >= 0.3 is 6.03 Å². The summed E-state index contributed by atoms with van der Waals surface area (Å²) in [6, 6.07) is 0.0525. The van der Waals surface area contributed by atoms with Crippen molar-refractivity contribution in [1.29, 1.82) is 0 Å². The van der Waals surface area contributed by atoms with E-state index in [9.17, 15) is 4.79 Å². The molecule has 0 radical (unpaired) electrons. The minimum Gasteiger partial charge on any atom is -0.380 e. The molecule has 1 atom stereocenters. The van der Waals surface area contributed by atoms with Crippen LogP contribution in [0.15, 0.2) is 6.20 Å². The first kappa shape index (κ1) is 14.4. The van der Waals surface area contributed by atoms with Gasteiger partial charge in [-0.05, 0) is 18.8 Å². The van der Waals surface area contributed by atoms with Crippen LogP contribution in [0.25, 0.3) is 0 Å². The van der Waals surface area contributed by atoms with Crippen LogP contribution >= 0.6 is 0 Å². The summed E-state index contributed by atoms with van der Waals surface area (Å²) in [6.07, 6.45) is 4.47. The number of aryl methyl sites for hydroxylation is 1. The second-order valence-corrected chi connectivity index (χ2v) is 6.41. The van der Waals surface area contributed by atoms with Gasteiger partial charge in [-0.3, -0.25) is 4.68 Å². The van der Waals surface area contributed by atoms with Crippen LogP contribution < -0.4 is 0 Å². The van der Waals surface area contributed by atoms with Crippen LogP contribution in [0.3, 0.4) is 0 Å². The molecule has 1 aliphatic heterocycles. The summed E-state index contributed by atoms with van der Waals surface area (Å²) >= 11 is 0. The molecule has 2 aliphatic rings. The van der Waals surface area contributed by atoms with E-state index in [0.29, 0.717) is 19.7 Å². The molecule has 6 nitrogen and oxygen atoms in total. The van der Waals surface area contributed by atoms with Crippen LogP contribution in [-0.4, -0.2) is 59.5 Å². The Labute approximate surface area is 125 Å². The number of hydrogen-bond acceptors (Lipinski definition) is 3. The fourth-order valence-electron chi connectivity index (χ4n) is 2.99. The van der Waals surface area contributed by atoms with Crippen LogP contribution in [0, 0.1) is 5.92 Å². The van der Waals surface area contributed by atoms with Crippen molar-refractivity contribution in [2.45, 2.75) is 25.3 Å². The normalized spacial score (nSPS) is 21.3. The van der Waals surface area contributed by atoms with Crippen LogP contribution in [-0.2, 0) is 18.3 Å². The monoisotopic (exact) mass is 292 g/mol. The van der Waals surface area contributed by atoms with Crippen LogP contribution in [0.1, 0.15) is 30.0 Å². The van der Waals surface area contributed by atoms with Gasteiger partial charge in [0.2, 0.25) is 0 Å². The van der Waals surface area contributed by atoms with E-state index < -0.39 is 0 Å². The van der Waals surface area contributed by atoms with Crippen LogP contribution in [0.4, 0.5) is 4.79 Å². The fourth-order valence-corrected chi connectivity index (χ4v) is 2.99. The van der Waals surface area contributed by atoms with E-state index >= 15 is 0 Å². The number of urea groups is 1. The number of nitrogens with zero attached hydrogens (tertiary/aromatic N) is 4. The third-order valence-corrected chi connectivity index (χ3v) is 4.28. The van der Waals surface area contributed by atoms with Gasteiger partial charge in [-0.25, -0.2) is 4.79 Å². The molecule has 0 spiro atoms. The molecule has 0 saturated heterocycles. The second kappa shape index (κ2) is 5.67. The Bertz CT molecular complexity index is 522. The summed E-state index contributed by atoms with van der Waals surface area (Å²) in [4.78, 5) is 15.7. The van der Waals surface area contributed by atoms with Crippen molar-refractivity contribution in [2.75, 3.05) is 33.9 Å². The lowest BCUT2D eigenvalue weighted by atomic mass is 9.97. The average molecular weight is 292 g/mol. The van der Waals surface area contributed by atoms with E-state index in [-0.39, 0.29) is 11.9 Å². The maximum Gasteiger partial charge on any atom is 0.319 e. The van der Waals surface area contributed by atoms with E-state index in [4.69, 9.17) is 4.74 Å². The molecule has 116 valence electrons. The standard InChI is InChI=1S/C15H24N4O2/c1-17(2)15(20)19-7-12-6-16-18(3)14(12)13(8-19)10-21-9-11-4-5-11/h6,11,13H,4-5,7-10H2,1-3H3/t13-/m1/s1. The lowest BCUT2D eigenvalue weighted by Crippen LogP contribution is -2.44. The molecule has 0 bridgehead atoms. The van der Waals surface area contributed by atoms with E-state index in [1.54, 1.807) is 19.0 Å². The van der Waals surface area contributed by atoms with Gasteiger partial charge in [0.1, 0.15) is 0 Å². The first-order chi connectivity index (χ1) is 10.1. The van der Waals surface area contributed by atoms with Crippen LogP contribution in [0.5, 0.6) is 0 Å². The average Bonchev–Trinajstić information content (AvgIpc) is 3.20. The Morgan fingerprint density at radius 3 is 2.86 bits per heavy atom. The highest BCUT2D eigenvalue weighted by Crippen LogP contribution is 2.31. The summed E-state index contributed by atoms with van der Waals surface area (Å²) in [5.41, 5.74) is 2.35. The molecule has 2 amide bonds. The Hall–Kier alpha value is -1.56. The number of carbonyl (C=O) groups is 1. The zero-order valence-electron chi connectivity index (χ0n) is 13.1. The minimum absolute atomic E-state index is 0.0525. The Morgan fingerprint density at radius 2 is 2.19 bits per heavy atom. The Balaban J connectivity index is 1.72. The highest BCUT2D eigenvalue weighted by atomic mass is 16.5. The number of aromatic nitrogens is 2. The van der Waals surface area contributed by atoms with Crippen LogP contribution in [0.2, 0.25) is 0 Å². The van der Waals surface area contributed by atoms with Crippen molar-refractivity contribution in [3.8, 4) is 0 Å². The maximum absolute atomic E-state index is 12.2. The highest BCUT2D eigenvalue weighted by molar-refractivity contribution is 5.74. The van der Waals surface area contributed by atoms with Gasteiger partial charge in [-0.15, -0.1) is 0 Å². The fraction of sp³-hybridized carbons (Fsp3) is 0.733. The lowest BCUT2D eigenvalue weighted by Gasteiger charge is -2.34. The number of amides is 2. The second-order valence-electron chi connectivity index (χ2n) is 6.41. The predicted octanol–water partition coefficient (Wildman–Crippen LogP) is 1.43. The van der Waals surface area contributed by atoms with Crippen molar-refractivity contribution in [1.82, 2.24) is 19.6 Å². The molecule has 1 aromatic heterocycles. The summed E-state index contributed by atoms with van der Waals surface area (Å²) in [6.45, 7) is 2.86. The molecule has 1 saturated carbocycles. The van der Waals surface area contributed by atoms with E-state index in [0.717, 1.165) is 18.1 Å². The predicted molar refractivity (Wildman–Crippen MR) is 79.0 cm³/mol. The van der Waals surface area contributed by atoms with Crippen molar-refractivity contribution >= 4 is 6.03 Å². The largest absolute Gasteiger partial charge is 0.380 e. The highest BCUT2D eigenvalue weighted by Gasteiger charge is 2.32. The van der Waals surface area contributed by atoms with Crippen molar-refractivity contribution in [3.63, 3.8) is 0 Å². The van der Waals surface area contributed by atoms with E-state index in [1.165, 1.54) is 18.5 Å². The van der Waals surface area contributed by atoms with Gasteiger partial charge in [0.25, 0.3) is 0 Å². The summed E-state index contributed by atoms with van der Waals surface area (Å²) < 4.78 is 7.80. The van der Waals surface area contributed by atoms with E-state index in [1.807, 2.05) is 22.8 Å². The molecule has 6 heteroatoms. The molecule has 0 unspecified atom stereocenters. The van der Waals surface area contributed by atoms with Gasteiger partial charge in [-0.1, -0.05) is 0 Å². The molecular weight excluding hydrogens is 268 g/mol. The molecule has 0 aromatic carbocycles. The molecule has 3 rings (SSSR count). The smallest absolute Gasteiger partial charge is 0.319 e. The summed E-state index contributed by atoms with van der Waals surface area (Å²) in [5.74, 6) is 0.975. The lowest BCUT2D eigenvalue weighted by molar-refractivity contribution is 0.0898. The van der Waals surface area contributed by atoms with Gasteiger partial charge in [0, 0.05) is 45.8 Å². The Morgan fingerprint density at radius 1 is 1.43 bits per heavy atom. The van der Waals surface area contributed by atoms with Crippen molar-refractivity contribution < 1.29 is 9.53 Å². The Kier molecular flexibility index (Phi) is 3.89. The molecule has 21 heavy (non-hydrogen) atoms. The quantitative estimate of drug-likeness (QED) is 0.843. The molecular formula is C15H24N4O2. The number of rotatable bonds is 4. The zero-order valence-corrected chi connectivity index (χ0v) is 13.1. The third kappa shape index (κ3) is 3.05. The zero-order chi connectivity index (χ0) is 15.0. The van der Waals surface area contributed by atoms with Gasteiger partial charge < -0.3 is 14.5 Å². The van der Waals surface area contributed by atoms with E-state index in [2.05, 4.69) is 5.10 Å². The number of ether oxygens (including phenoxy) is 1. The van der Waals surface area contributed by atoms with Gasteiger partial charge in [0.15, 0.2) is 0 Å². The minimum atomic E-state index is 0.0525. The van der Waals surface area contributed by atoms with Gasteiger partial charge in [0.05, 0.1) is 25.0 Å². The first-order valence-electron chi connectivity index (χ1n) is 7.61. The SMILES string of the molecule is CN(C)C(=O)N1Cc2cnn(C)c2[C@@H](COCC2CC2)C1. The van der Waals surface area contributed by atoms with Crippen molar-refractivity contribution in [2.24, 2.45) is 13.0 Å². The maximum atomic E-state index is 12.2. The molecule has 1 fully saturated rings. The van der Waals surface area contributed by atoms with Gasteiger partial charge in [-0.2, -0.15) is 5.10 Å². The number of fused-ring (bicyclic) bond motifs is 1. The summed E-state index contributed by atoms with van der Waals surface area (Å²) in [7, 11) is 5.55. The topological polar surface area (TPSA) is 50.6 Å². The third-order valence-electron chi connectivity index (χ3n) is 4.28. The molecule has 2 heterocycles. The number of hydrogen-bond donors (Lipinski definition) is 0. The van der Waals surface area contributed by atoms with Crippen molar-refractivity contribution in [3.05, 3.63) is 17.5 Å². The summed E-state index contributed by atoms with van der Waals surface area (Å²) in [5, 5.41) is 4.35. The molecule has 1 aliphatic carbocycles. The number of carbonyl (C=O) groups excluding carboxylic acids is 1. The first-order valence-corrected chi connectivity index (χ1v) is 7.61.